The lowest BCUT2D eigenvalue weighted by molar-refractivity contribution is -0.786. The number of quaternary nitrogens is 1. The number of para-hydroxylation sites is 1. The van der Waals surface area contributed by atoms with Gasteiger partial charge in [0.2, 0.25) is 5.91 Å². The number of hydrogen-bond acceptors (Lipinski definition) is 4. The summed E-state index contributed by atoms with van der Waals surface area (Å²) in [5.41, 5.74) is 2.46. The Hall–Kier alpha value is -2.93. The molecule has 2 heterocycles. The van der Waals surface area contributed by atoms with Crippen molar-refractivity contribution in [3.8, 4) is 0 Å². The number of likely N-dealkylation sites (tertiary alicyclic amines) is 1. The SMILES string of the molecule is CC(C)(C)OC(=O)n1cc(CNC(=O)C2CCC3C4CC=C5C(C)(CCC(=O)[N+]5(C)C)C4CCC23C)c2ccccc21. The van der Waals surface area contributed by atoms with E-state index in [1.807, 2.05) is 51.2 Å². The van der Waals surface area contributed by atoms with Crippen molar-refractivity contribution < 1.29 is 23.6 Å². The topological polar surface area (TPSA) is 77.4 Å². The summed E-state index contributed by atoms with van der Waals surface area (Å²) >= 11 is 0. The van der Waals surface area contributed by atoms with Crippen LogP contribution in [0.4, 0.5) is 4.79 Å². The standard InChI is InChI=1S/C35H47N3O4/c1-33(2,3)42-32(41)37-21-22(23-10-8-9-11-28(23)37)20-36-31(40)27-14-13-25-24-12-15-29-35(5,19-17-30(39)38(29,6)7)26(24)16-18-34(25,27)4/h8-11,15,21,24-27H,12-14,16-20H2,1-7H3/p+1. The van der Waals surface area contributed by atoms with E-state index in [1.54, 1.807) is 4.57 Å². The molecule has 7 nitrogen and oxygen atoms in total. The third-order valence-electron chi connectivity index (χ3n) is 11.7. The molecular formula is C35H48N3O4+. The summed E-state index contributed by atoms with van der Waals surface area (Å²) < 4.78 is 7.60. The van der Waals surface area contributed by atoms with Crippen LogP contribution in [0.3, 0.4) is 0 Å². The lowest BCUT2D eigenvalue weighted by atomic mass is 9.48. The van der Waals surface area contributed by atoms with Gasteiger partial charge in [-0.2, -0.15) is 0 Å². The van der Waals surface area contributed by atoms with Gasteiger partial charge in [-0.05, 0) is 100 Å². The summed E-state index contributed by atoms with van der Waals surface area (Å²) in [5, 5.41) is 4.22. The fraction of sp³-hybridized carbons (Fsp3) is 0.629. The number of aromatic nitrogens is 1. The van der Waals surface area contributed by atoms with Gasteiger partial charge in [0.15, 0.2) is 0 Å². The van der Waals surface area contributed by atoms with Crippen LogP contribution in [0.1, 0.15) is 85.1 Å². The maximum atomic E-state index is 13.9. The molecule has 2 aromatic rings. The van der Waals surface area contributed by atoms with Crippen LogP contribution < -0.4 is 5.32 Å². The lowest BCUT2D eigenvalue weighted by Gasteiger charge is -2.58. The normalized spacial score (nSPS) is 33.8. The van der Waals surface area contributed by atoms with E-state index in [0.717, 1.165) is 55.0 Å². The summed E-state index contributed by atoms with van der Waals surface area (Å²) in [6.45, 7) is 10.7. The molecule has 0 radical (unpaired) electrons. The molecule has 2 saturated carbocycles. The number of piperidine rings is 1. The number of benzene rings is 1. The molecule has 3 fully saturated rings. The second kappa shape index (κ2) is 9.80. The third-order valence-corrected chi connectivity index (χ3v) is 11.7. The molecular weight excluding hydrogens is 526 g/mol. The van der Waals surface area contributed by atoms with E-state index in [1.165, 1.54) is 5.70 Å². The first-order chi connectivity index (χ1) is 19.7. The summed E-state index contributed by atoms with van der Waals surface area (Å²) in [7, 11) is 4.14. The van der Waals surface area contributed by atoms with Gasteiger partial charge in [0.05, 0.1) is 26.0 Å². The maximum Gasteiger partial charge on any atom is 0.419 e. The number of carbonyl (C=O) groups excluding carboxylic acids is 3. The smallest absolute Gasteiger partial charge is 0.419 e. The molecule has 0 spiro atoms. The van der Waals surface area contributed by atoms with Crippen molar-refractivity contribution in [2.45, 2.75) is 91.7 Å². The molecule has 1 saturated heterocycles. The Labute approximate surface area is 250 Å². The second-order valence-electron chi connectivity index (χ2n) is 15.4. The number of amides is 2. The molecule has 6 rings (SSSR count). The van der Waals surface area contributed by atoms with Gasteiger partial charge in [0.25, 0.3) is 0 Å². The Bertz CT molecular complexity index is 1480. The first-order valence-corrected chi connectivity index (χ1v) is 15.9. The van der Waals surface area contributed by atoms with Gasteiger partial charge in [0.1, 0.15) is 11.3 Å². The van der Waals surface area contributed by atoms with Gasteiger partial charge in [0, 0.05) is 29.5 Å². The molecule has 1 aromatic carbocycles. The summed E-state index contributed by atoms with van der Waals surface area (Å²) in [6.07, 6.45) is 10.6. The van der Waals surface area contributed by atoms with E-state index < -0.39 is 11.7 Å². The van der Waals surface area contributed by atoms with Crippen LogP contribution in [0.25, 0.3) is 10.9 Å². The van der Waals surface area contributed by atoms with Crippen molar-refractivity contribution in [1.29, 1.82) is 0 Å². The van der Waals surface area contributed by atoms with E-state index in [9.17, 15) is 14.4 Å². The Kier molecular flexibility index (Phi) is 6.80. The molecule has 0 bridgehead atoms. The number of nitrogens with one attached hydrogen (secondary N) is 1. The highest BCUT2D eigenvalue weighted by molar-refractivity contribution is 5.92. The number of carbonyl (C=O) groups is 3. The Morgan fingerprint density at radius 3 is 2.55 bits per heavy atom. The van der Waals surface area contributed by atoms with E-state index in [4.69, 9.17) is 4.74 Å². The minimum absolute atomic E-state index is 0.0130. The van der Waals surface area contributed by atoms with Gasteiger partial charge in [-0.1, -0.05) is 32.0 Å². The van der Waals surface area contributed by atoms with Crippen molar-refractivity contribution in [3.63, 3.8) is 0 Å². The molecule has 1 aliphatic heterocycles. The van der Waals surface area contributed by atoms with Crippen LogP contribution in [0.15, 0.2) is 42.2 Å². The zero-order valence-electron chi connectivity index (χ0n) is 26.5. The van der Waals surface area contributed by atoms with E-state index >= 15 is 0 Å². The number of ether oxygens (including phenoxy) is 1. The molecule has 3 aliphatic carbocycles. The van der Waals surface area contributed by atoms with Gasteiger partial charge in [-0.3, -0.25) is 9.36 Å². The molecule has 226 valence electrons. The van der Waals surface area contributed by atoms with Crippen molar-refractivity contribution >= 4 is 28.8 Å². The highest BCUT2D eigenvalue weighted by atomic mass is 16.6. The zero-order valence-corrected chi connectivity index (χ0v) is 26.5. The predicted molar refractivity (Wildman–Crippen MR) is 163 cm³/mol. The Morgan fingerprint density at radius 1 is 1.07 bits per heavy atom. The molecule has 2 amide bonds. The highest BCUT2D eigenvalue weighted by Crippen LogP contribution is 2.66. The molecule has 42 heavy (non-hydrogen) atoms. The molecule has 1 N–H and O–H groups in total. The monoisotopic (exact) mass is 574 g/mol. The molecule has 1 aromatic heterocycles. The Balaban J connectivity index is 1.19. The first kappa shape index (κ1) is 29.2. The van der Waals surface area contributed by atoms with Gasteiger partial charge >= 0.3 is 12.0 Å². The van der Waals surface area contributed by atoms with Crippen LogP contribution in [0.2, 0.25) is 0 Å². The molecule has 7 heteroatoms. The van der Waals surface area contributed by atoms with Gasteiger partial charge in [-0.25, -0.2) is 14.1 Å². The van der Waals surface area contributed by atoms with Crippen LogP contribution in [0, 0.1) is 34.5 Å². The minimum Gasteiger partial charge on any atom is -0.443 e. The fourth-order valence-corrected chi connectivity index (χ4v) is 9.63. The van der Waals surface area contributed by atoms with E-state index in [-0.39, 0.29) is 22.7 Å². The van der Waals surface area contributed by atoms with Crippen LogP contribution in [-0.4, -0.2) is 46.7 Å². The number of hydrogen-bond donors (Lipinski definition) is 1. The lowest BCUT2D eigenvalue weighted by Crippen LogP contribution is -2.59. The van der Waals surface area contributed by atoms with Gasteiger partial charge < -0.3 is 10.1 Å². The predicted octanol–water partition coefficient (Wildman–Crippen LogP) is 6.79. The van der Waals surface area contributed by atoms with Crippen molar-refractivity contribution in [1.82, 2.24) is 9.88 Å². The summed E-state index contributed by atoms with van der Waals surface area (Å²) in [4.78, 5) is 39.6. The third kappa shape index (κ3) is 4.45. The number of allylic oxidation sites excluding steroid dienone is 2. The average Bonchev–Trinajstić information content (AvgIpc) is 3.47. The molecule has 6 unspecified atom stereocenters. The van der Waals surface area contributed by atoms with Crippen LogP contribution in [-0.2, 0) is 20.9 Å². The largest absolute Gasteiger partial charge is 0.443 e. The molecule has 6 atom stereocenters. The second-order valence-corrected chi connectivity index (χ2v) is 15.4. The summed E-state index contributed by atoms with van der Waals surface area (Å²) in [6, 6.07) is 7.78. The summed E-state index contributed by atoms with van der Waals surface area (Å²) in [5.74, 6) is 2.10. The average molecular weight is 575 g/mol. The molecule has 4 aliphatic rings. The zero-order chi connectivity index (χ0) is 30.2. The maximum absolute atomic E-state index is 13.9. The van der Waals surface area contributed by atoms with Gasteiger partial charge in [-0.15, -0.1) is 0 Å². The quantitative estimate of drug-likeness (QED) is 0.410. The van der Waals surface area contributed by atoms with Crippen LogP contribution in [0.5, 0.6) is 0 Å². The van der Waals surface area contributed by atoms with Crippen molar-refractivity contribution in [2.75, 3.05) is 14.1 Å². The van der Waals surface area contributed by atoms with E-state index in [2.05, 4.69) is 39.3 Å². The number of fused-ring (bicyclic) bond motifs is 6. The number of nitrogens with zero attached hydrogens (tertiary/aromatic N) is 2. The minimum atomic E-state index is -0.596. The highest BCUT2D eigenvalue weighted by Gasteiger charge is 2.63. The van der Waals surface area contributed by atoms with Crippen LogP contribution >= 0.6 is 0 Å². The number of rotatable bonds is 3. The van der Waals surface area contributed by atoms with Crippen molar-refractivity contribution in [2.24, 2.45) is 34.5 Å². The first-order valence-electron chi connectivity index (χ1n) is 15.9. The Morgan fingerprint density at radius 2 is 1.81 bits per heavy atom. The van der Waals surface area contributed by atoms with E-state index in [0.29, 0.717) is 41.1 Å². The fourth-order valence-electron chi connectivity index (χ4n) is 9.63. The van der Waals surface area contributed by atoms with Crippen molar-refractivity contribution in [3.05, 3.63) is 47.8 Å².